The Balaban J connectivity index is 2.21. The Morgan fingerprint density at radius 1 is 1.38 bits per heavy atom. The molecule has 0 aromatic carbocycles. The fraction of sp³-hybridized carbons (Fsp3) is 0.615. The van der Waals surface area contributed by atoms with E-state index in [1.54, 1.807) is 4.90 Å². The fourth-order valence-corrected chi connectivity index (χ4v) is 4.44. The number of carbonyl (C=O) groups is 1. The molecule has 1 aromatic heterocycles. The van der Waals surface area contributed by atoms with E-state index in [9.17, 15) is 13.2 Å². The first-order valence-corrected chi connectivity index (χ1v) is 9.74. The third-order valence-electron chi connectivity index (χ3n) is 3.76. The van der Waals surface area contributed by atoms with Crippen LogP contribution in [0, 0.1) is 5.41 Å². The molecule has 118 valence electrons. The zero-order chi connectivity index (χ0) is 15.8. The minimum absolute atomic E-state index is 0.0131. The molecule has 21 heavy (non-hydrogen) atoms. The van der Waals surface area contributed by atoms with Gasteiger partial charge in [0, 0.05) is 29.8 Å². The predicted molar refractivity (Wildman–Crippen MR) is 83.0 cm³/mol. The van der Waals surface area contributed by atoms with Gasteiger partial charge in [0.15, 0.2) is 10.4 Å². The smallest absolute Gasteiger partial charge is 0.289 e. The Morgan fingerprint density at radius 3 is 2.62 bits per heavy atom. The third-order valence-corrected chi connectivity index (χ3v) is 5.94. The Labute approximate surface area is 137 Å². The number of halogens is 2. The van der Waals surface area contributed by atoms with Crippen molar-refractivity contribution in [3.05, 3.63) is 16.5 Å². The van der Waals surface area contributed by atoms with Gasteiger partial charge in [-0.25, -0.2) is 8.42 Å². The van der Waals surface area contributed by atoms with Crippen LogP contribution in [0.1, 0.15) is 43.7 Å². The highest BCUT2D eigenvalue weighted by Gasteiger charge is 2.29. The first-order valence-electron chi connectivity index (χ1n) is 6.63. The zero-order valence-electron chi connectivity index (χ0n) is 11.9. The molecule has 2 heterocycles. The van der Waals surface area contributed by atoms with E-state index in [0.29, 0.717) is 13.1 Å². The van der Waals surface area contributed by atoms with Crippen molar-refractivity contribution in [2.75, 3.05) is 13.1 Å². The third kappa shape index (κ3) is 4.02. The highest BCUT2D eigenvalue weighted by atomic mass is 79.9. The van der Waals surface area contributed by atoms with Crippen LogP contribution in [0.4, 0.5) is 0 Å². The summed E-state index contributed by atoms with van der Waals surface area (Å²) in [6.07, 6.45) is 2.88. The Hall–Kier alpha value is -0.530. The van der Waals surface area contributed by atoms with Crippen LogP contribution in [-0.2, 0) is 9.05 Å². The van der Waals surface area contributed by atoms with E-state index in [0.717, 1.165) is 19.3 Å². The second kappa shape index (κ2) is 5.93. The molecular weight excluding hydrogens is 382 g/mol. The van der Waals surface area contributed by atoms with E-state index in [-0.39, 0.29) is 26.6 Å². The molecule has 1 amide bonds. The van der Waals surface area contributed by atoms with Crippen molar-refractivity contribution in [1.82, 2.24) is 4.90 Å². The summed E-state index contributed by atoms with van der Waals surface area (Å²) in [5, 5.41) is 0. The maximum Gasteiger partial charge on any atom is 0.289 e. The number of hydrogen-bond donors (Lipinski definition) is 0. The summed E-state index contributed by atoms with van der Waals surface area (Å²) in [4.78, 5) is 13.9. The first kappa shape index (κ1) is 16.8. The molecule has 0 N–H and O–H groups in total. The van der Waals surface area contributed by atoms with Crippen LogP contribution in [0.5, 0.6) is 0 Å². The maximum absolute atomic E-state index is 12.4. The van der Waals surface area contributed by atoms with Crippen LogP contribution < -0.4 is 0 Å². The Kier molecular flexibility index (Phi) is 4.75. The lowest BCUT2D eigenvalue weighted by atomic mass is 9.85. The maximum atomic E-state index is 12.4. The monoisotopic (exact) mass is 397 g/mol. The molecule has 1 aromatic rings. The largest absolute Gasteiger partial charge is 0.443 e. The number of furan rings is 1. The van der Waals surface area contributed by atoms with E-state index < -0.39 is 9.05 Å². The summed E-state index contributed by atoms with van der Waals surface area (Å²) in [6.45, 7) is 5.64. The van der Waals surface area contributed by atoms with Gasteiger partial charge in [0.25, 0.3) is 15.0 Å². The van der Waals surface area contributed by atoms with Crippen molar-refractivity contribution in [2.24, 2.45) is 5.41 Å². The average Bonchev–Trinajstić information content (AvgIpc) is 2.65. The van der Waals surface area contributed by atoms with E-state index >= 15 is 0 Å². The van der Waals surface area contributed by atoms with Gasteiger partial charge >= 0.3 is 0 Å². The van der Waals surface area contributed by atoms with Gasteiger partial charge in [-0.1, -0.05) is 13.8 Å². The number of nitrogens with zero attached hydrogens (tertiary/aromatic N) is 1. The molecule has 0 unspecified atom stereocenters. The quantitative estimate of drug-likeness (QED) is 0.714. The van der Waals surface area contributed by atoms with Gasteiger partial charge in [-0.15, -0.1) is 0 Å². The molecule has 1 aliphatic rings. The molecule has 1 aliphatic heterocycles. The lowest BCUT2D eigenvalue weighted by molar-refractivity contribution is 0.0724. The second-order valence-electron chi connectivity index (χ2n) is 6.00. The van der Waals surface area contributed by atoms with Crippen LogP contribution in [0.25, 0.3) is 0 Å². The van der Waals surface area contributed by atoms with E-state index in [2.05, 4.69) is 29.8 Å². The molecule has 0 spiro atoms. The van der Waals surface area contributed by atoms with Crippen molar-refractivity contribution in [3.8, 4) is 0 Å². The lowest BCUT2D eigenvalue weighted by Crippen LogP contribution is -2.32. The van der Waals surface area contributed by atoms with Crippen LogP contribution in [-0.4, -0.2) is 32.3 Å². The van der Waals surface area contributed by atoms with Gasteiger partial charge in [-0.05, 0) is 40.6 Å². The summed E-state index contributed by atoms with van der Waals surface area (Å²) >= 11 is 2.98. The van der Waals surface area contributed by atoms with E-state index in [1.807, 2.05) is 0 Å². The summed E-state index contributed by atoms with van der Waals surface area (Å²) < 4.78 is 27.9. The molecule has 1 fully saturated rings. The topological polar surface area (TPSA) is 67.6 Å². The number of likely N-dealkylation sites (tertiary alicyclic amines) is 1. The summed E-state index contributed by atoms with van der Waals surface area (Å²) in [6, 6.07) is 1.17. The van der Waals surface area contributed by atoms with Crippen LogP contribution in [0.15, 0.2) is 20.0 Å². The number of hydrogen-bond acceptors (Lipinski definition) is 4. The molecule has 0 radical (unpaired) electrons. The lowest BCUT2D eigenvalue weighted by Gasteiger charge is -2.22. The van der Waals surface area contributed by atoms with Crippen LogP contribution in [0.2, 0.25) is 0 Å². The van der Waals surface area contributed by atoms with Gasteiger partial charge in [0.1, 0.15) is 4.90 Å². The standard InChI is InChI=1S/C13H17BrClNO4S/c1-13(2)4-3-6-16(7-5-13)12(17)9-8-10(11(14)20-9)21(15,18)19/h8H,3-7H2,1-2H3. The van der Waals surface area contributed by atoms with Crippen molar-refractivity contribution >= 4 is 41.6 Å². The summed E-state index contributed by atoms with van der Waals surface area (Å²) in [5.74, 6) is -0.319. The van der Waals surface area contributed by atoms with Gasteiger partial charge < -0.3 is 9.32 Å². The van der Waals surface area contributed by atoms with Crippen LogP contribution >= 0.6 is 26.6 Å². The summed E-state index contributed by atoms with van der Waals surface area (Å²) in [5.41, 5.74) is 0.212. The van der Waals surface area contributed by atoms with Crippen LogP contribution in [0.3, 0.4) is 0 Å². The molecular formula is C13H17BrClNO4S. The van der Waals surface area contributed by atoms with Gasteiger partial charge in [-0.2, -0.15) is 0 Å². The van der Waals surface area contributed by atoms with E-state index in [4.69, 9.17) is 15.1 Å². The molecule has 8 heteroatoms. The molecule has 5 nitrogen and oxygen atoms in total. The summed E-state index contributed by atoms with van der Waals surface area (Å²) in [7, 11) is 1.35. The van der Waals surface area contributed by atoms with Crippen molar-refractivity contribution in [2.45, 2.75) is 38.0 Å². The number of amides is 1. The van der Waals surface area contributed by atoms with Gasteiger partial charge in [0.05, 0.1) is 0 Å². The van der Waals surface area contributed by atoms with Gasteiger partial charge in [0.2, 0.25) is 0 Å². The van der Waals surface area contributed by atoms with Crippen molar-refractivity contribution < 1.29 is 17.6 Å². The second-order valence-corrected chi connectivity index (χ2v) is 9.25. The highest BCUT2D eigenvalue weighted by Crippen LogP contribution is 2.32. The van der Waals surface area contributed by atoms with E-state index in [1.165, 1.54) is 6.07 Å². The van der Waals surface area contributed by atoms with Gasteiger partial charge in [-0.3, -0.25) is 4.79 Å². The Morgan fingerprint density at radius 2 is 2.05 bits per heavy atom. The zero-order valence-corrected chi connectivity index (χ0v) is 15.0. The fourth-order valence-electron chi connectivity index (χ4n) is 2.41. The highest BCUT2D eigenvalue weighted by molar-refractivity contribution is 9.10. The Bertz CT molecular complexity index is 653. The molecule has 0 saturated carbocycles. The number of carbonyl (C=O) groups excluding carboxylic acids is 1. The minimum Gasteiger partial charge on any atom is -0.443 e. The minimum atomic E-state index is -3.94. The first-order chi connectivity index (χ1) is 9.60. The predicted octanol–water partition coefficient (Wildman–Crippen LogP) is 3.62. The van der Waals surface area contributed by atoms with Crippen molar-refractivity contribution in [1.29, 1.82) is 0 Å². The normalized spacial score (nSPS) is 19.3. The molecule has 0 aliphatic carbocycles. The number of rotatable bonds is 2. The molecule has 2 rings (SSSR count). The average molecular weight is 399 g/mol. The SMILES string of the molecule is CC1(C)CCCN(C(=O)c2cc(S(=O)(=O)Cl)c(Br)o2)CC1. The molecule has 0 bridgehead atoms. The molecule has 1 saturated heterocycles. The van der Waals surface area contributed by atoms with Crippen molar-refractivity contribution in [3.63, 3.8) is 0 Å². The molecule has 0 atom stereocenters.